The van der Waals surface area contributed by atoms with Crippen molar-refractivity contribution in [2.75, 3.05) is 19.8 Å². The van der Waals surface area contributed by atoms with Crippen LogP contribution in [0.5, 0.6) is 0 Å². The van der Waals surface area contributed by atoms with Gasteiger partial charge < -0.3 is 19.5 Å². The van der Waals surface area contributed by atoms with Crippen molar-refractivity contribution in [2.24, 2.45) is 0 Å². The van der Waals surface area contributed by atoms with Crippen LogP contribution in [-0.4, -0.2) is 55.0 Å². The second-order valence-electron chi connectivity index (χ2n) is 7.91. The van der Waals surface area contributed by atoms with Crippen LogP contribution in [-0.2, 0) is 35.0 Å². The third kappa shape index (κ3) is 7.73. The van der Waals surface area contributed by atoms with Gasteiger partial charge in [0.25, 0.3) is 0 Å². The van der Waals surface area contributed by atoms with Crippen molar-refractivity contribution in [1.82, 2.24) is 5.32 Å². The Bertz CT molecular complexity index is 1160. The number of hydrogen-bond acceptors (Lipinski definition) is 9. The Kier molecular flexibility index (Phi) is 10.5. The minimum Gasteiger partial charge on any atom is -0.464 e. The van der Waals surface area contributed by atoms with Crippen LogP contribution < -0.4 is 5.32 Å². The highest BCUT2D eigenvalue weighted by atomic mass is 16.6. The van der Waals surface area contributed by atoms with E-state index >= 15 is 0 Å². The molecule has 0 bridgehead atoms. The van der Waals surface area contributed by atoms with Gasteiger partial charge in [-0.15, -0.1) is 0 Å². The van der Waals surface area contributed by atoms with Gasteiger partial charge in [0.2, 0.25) is 11.4 Å². The van der Waals surface area contributed by atoms with Gasteiger partial charge in [-0.2, -0.15) is 5.26 Å². The Labute approximate surface area is 214 Å². The lowest BCUT2D eigenvalue weighted by atomic mass is 9.90. The minimum absolute atomic E-state index is 0.00608. The van der Waals surface area contributed by atoms with E-state index in [2.05, 4.69) is 5.32 Å². The molecule has 0 aliphatic rings. The van der Waals surface area contributed by atoms with Crippen molar-refractivity contribution in [2.45, 2.75) is 39.2 Å². The summed E-state index contributed by atoms with van der Waals surface area (Å²) in [5.41, 5.74) is -0.430. The molecule has 0 saturated carbocycles. The first-order chi connectivity index (χ1) is 17.7. The maximum absolute atomic E-state index is 12.7. The summed E-state index contributed by atoms with van der Waals surface area (Å²) in [6.45, 7) is 3.88. The molecule has 10 nitrogen and oxygen atoms in total. The second-order valence-corrected chi connectivity index (χ2v) is 7.91. The number of rotatable bonds is 12. The van der Waals surface area contributed by atoms with Crippen molar-refractivity contribution in [1.29, 1.82) is 5.26 Å². The van der Waals surface area contributed by atoms with Crippen LogP contribution in [0.4, 0.5) is 0 Å². The summed E-state index contributed by atoms with van der Waals surface area (Å²) in [6.07, 6.45) is 0.0554. The molecule has 2 rings (SSSR count). The summed E-state index contributed by atoms with van der Waals surface area (Å²) < 4.78 is 15.2. The summed E-state index contributed by atoms with van der Waals surface area (Å²) in [5.74, 6) is -3.56. The van der Waals surface area contributed by atoms with Crippen molar-refractivity contribution >= 4 is 29.6 Å². The Morgan fingerprint density at radius 1 is 0.838 bits per heavy atom. The first-order valence-electron chi connectivity index (χ1n) is 11.6. The quantitative estimate of drug-likeness (QED) is 0.197. The number of nitriles is 1. The van der Waals surface area contributed by atoms with Gasteiger partial charge >= 0.3 is 17.9 Å². The van der Waals surface area contributed by atoms with Gasteiger partial charge in [-0.25, -0.2) is 14.4 Å². The number of nitrogens with one attached hydrogen (secondary N) is 1. The Morgan fingerprint density at radius 2 is 1.38 bits per heavy atom. The van der Waals surface area contributed by atoms with Crippen LogP contribution >= 0.6 is 0 Å². The summed E-state index contributed by atoms with van der Waals surface area (Å²) in [7, 11) is 0. The van der Waals surface area contributed by atoms with Gasteiger partial charge in [0.1, 0.15) is 0 Å². The van der Waals surface area contributed by atoms with E-state index in [0.29, 0.717) is 16.7 Å². The summed E-state index contributed by atoms with van der Waals surface area (Å²) in [4.78, 5) is 61.8. The molecule has 0 aliphatic heterocycles. The lowest BCUT2D eigenvalue weighted by Gasteiger charge is -2.29. The molecule has 0 atom stereocenters. The smallest absolute Gasteiger partial charge is 0.343 e. The predicted octanol–water partition coefficient (Wildman–Crippen LogP) is 2.53. The molecule has 0 fully saturated rings. The average Bonchev–Trinajstić information content (AvgIpc) is 2.89. The minimum atomic E-state index is -2.01. The van der Waals surface area contributed by atoms with E-state index in [0.717, 1.165) is 0 Å². The standard InChI is InChI=1S/C27H28N2O8/c1-4-35-25(33)27(29-18(3)30,26(34)36-5-2)15-14-19-6-10-21(11-7-19)23(31)17-37-24(32)22-12-8-20(16-28)9-13-22/h6-13H,4-5,14-15,17H2,1-3H3,(H,29,30). The maximum Gasteiger partial charge on any atom is 0.343 e. The number of benzene rings is 2. The highest BCUT2D eigenvalue weighted by Crippen LogP contribution is 2.20. The molecule has 0 heterocycles. The number of Topliss-reactive ketones (excluding diaryl/α,β-unsaturated/α-hetero) is 1. The van der Waals surface area contributed by atoms with Crippen LogP contribution in [0.2, 0.25) is 0 Å². The van der Waals surface area contributed by atoms with E-state index in [1.54, 1.807) is 26.0 Å². The molecule has 0 aromatic heterocycles. The highest BCUT2D eigenvalue weighted by Gasteiger charge is 2.49. The first-order valence-corrected chi connectivity index (χ1v) is 11.6. The van der Waals surface area contributed by atoms with Crippen molar-refractivity contribution in [3.63, 3.8) is 0 Å². The molecule has 0 aliphatic carbocycles. The van der Waals surface area contributed by atoms with Crippen LogP contribution in [0.15, 0.2) is 48.5 Å². The van der Waals surface area contributed by atoms with Crippen molar-refractivity contribution in [3.8, 4) is 6.07 Å². The SMILES string of the molecule is CCOC(=O)C(CCc1ccc(C(=O)COC(=O)c2ccc(C#N)cc2)cc1)(NC(C)=O)C(=O)OCC. The predicted molar refractivity (Wildman–Crippen MR) is 130 cm³/mol. The fourth-order valence-corrected chi connectivity index (χ4v) is 3.43. The average molecular weight is 509 g/mol. The lowest BCUT2D eigenvalue weighted by molar-refractivity contribution is -0.168. The number of carbonyl (C=O) groups excluding carboxylic acids is 5. The third-order valence-corrected chi connectivity index (χ3v) is 5.29. The van der Waals surface area contributed by atoms with Gasteiger partial charge in [0.15, 0.2) is 12.4 Å². The zero-order valence-corrected chi connectivity index (χ0v) is 20.9. The second kappa shape index (κ2) is 13.5. The van der Waals surface area contributed by atoms with Crippen LogP contribution in [0.1, 0.15) is 59.0 Å². The maximum atomic E-state index is 12.7. The topological polar surface area (TPSA) is 149 Å². The molecule has 194 valence electrons. The fraction of sp³-hybridized carbons (Fsp3) is 0.333. The number of amides is 1. The summed E-state index contributed by atoms with van der Waals surface area (Å²) in [6, 6.07) is 14.1. The monoisotopic (exact) mass is 508 g/mol. The Hall–Kier alpha value is -4.52. The van der Waals surface area contributed by atoms with Crippen molar-refractivity contribution in [3.05, 3.63) is 70.8 Å². The van der Waals surface area contributed by atoms with E-state index in [-0.39, 0.29) is 31.6 Å². The van der Waals surface area contributed by atoms with Crippen molar-refractivity contribution < 1.29 is 38.2 Å². The van der Waals surface area contributed by atoms with E-state index < -0.39 is 41.7 Å². The molecule has 0 spiro atoms. The van der Waals surface area contributed by atoms with E-state index in [1.165, 1.54) is 43.3 Å². The summed E-state index contributed by atoms with van der Waals surface area (Å²) >= 11 is 0. The molecule has 10 heteroatoms. The zero-order valence-electron chi connectivity index (χ0n) is 20.9. The molecule has 0 radical (unpaired) electrons. The van der Waals surface area contributed by atoms with Gasteiger partial charge in [-0.1, -0.05) is 24.3 Å². The van der Waals surface area contributed by atoms with Crippen LogP contribution in [0.25, 0.3) is 0 Å². The molecule has 2 aromatic rings. The van der Waals surface area contributed by atoms with E-state index in [9.17, 15) is 24.0 Å². The van der Waals surface area contributed by atoms with Gasteiger partial charge in [-0.05, 0) is 56.5 Å². The first kappa shape index (κ1) is 28.7. The number of hydrogen-bond donors (Lipinski definition) is 1. The number of esters is 3. The molecular formula is C27H28N2O8. The van der Waals surface area contributed by atoms with Crippen LogP contribution in [0.3, 0.4) is 0 Å². The molecule has 0 unspecified atom stereocenters. The molecule has 1 N–H and O–H groups in total. The normalized spacial score (nSPS) is 10.5. The molecule has 2 aromatic carbocycles. The molecule has 37 heavy (non-hydrogen) atoms. The third-order valence-electron chi connectivity index (χ3n) is 5.29. The van der Waals surface area contributed by atoms with E-state index in [4.69, 9.17) is 19.5 Å². The van der Waals surface area contributed by atoms with Gasteiger partial charge in [0.05, 0.1) is 30.4 Å². The zero-order chi connectivity index (χ0) is 27.4. The number of carbonyl (C=O) groups is 5. The van der Waals surface area contributed by atoms with Crippen LogP contribution in [0, 0.1) is 11.3 Å². The molecule has 0 saturated heterocycles. The highest BCUT2D eigenvalue weighted by molar-refractivity contribution is 6.07. The van der Waals surface area contributed by atoms with Gasteiger partial charge in [-0.3, -0.25) is 9.59 Å². The number of nitrogens with zero attached hydrogens (tertiary/aromatic N) is 1. The number of ether oxygens (including phenoxy) is 3. The number of aryl methyl sites for hydroxylation is 1. The molecular weight excluding hydrogens is 480 g/mol. The molecule has 1 amide bonds. The fourth-order valence-electron chi connectivity index (χ4n) is 3.43. The largest absolute Gasteiger partial charge is 0.464 e. The summed E-state index contributed by atoms with van der Waals surface area (Å²) in [5, 5.41) is 11.2. The van der Waals surface area contributed by atoms with E-state index in [1.807, 2.05) is 6.07 Å². The number of ketones is 1. The lowest BCUT2D eigenvalue weighted by Crippen LogP contribution is -2.61. The Morgan fingerprint density at radius 3 is 1.86 bits per heavy atom. The Balaban J connectivity index is 2.07. The van der Waals surface area contributed by atoms with Gasteiger partial charge in [0, 0.05) is 12.5 Å².